The lowest BCUT2D eigenvalue weighted by Crippen LogP contribution is -2.33. The summed E-state index contributed by atoms with van der Waals surface area (Å²) >= 11 is 0. The Kier molecular flexibility index (Phi) is 6.12. The minimum absolute atomic E-state index is 0.119. The van der Waals surface area contributed by atoms with Crippen molar-refractivity contribution < 1.29 is 17.8 Å². The molecule has 112 valence electrons. The summed E-state index contributed by atoms with van der Waals surface area (Å²) in [5.74, 6) is -0.0524. The Morgan fingerprint density at radius 3 is 2.50 bits per heavy atom. The van der Waals surface area contributed by atoms with Gasteiger partial charge < -0.3 is 15.2 Å². The van der Waals surface area contributed by atoms with E-state index in [0.29, 0.717) is 19.0 Å². The molecule has 0 fully saturated rings. The zero-order valence-corrected chi connectivity index (χ0v) is 12.4. The summed E-state index contributed by atoms with van der Waals surface area (Å²) in [6.45, 7) is 5.91. The molecule has 0 aliphatic rings. The molecular weight excluding hydrogens is 280 g/mol. The third-order valence-electron chi connectivity index (χ3n) is 2.54. The molecule has 1 rings (SSSR count). The molecule has 7 heteroatoms. The zero-order chi connectivity index (χ0) is 15.2. The number of carbonyl (C=O) groups is 1. The van der Waals surface area contributed by atoms with Gasteiger partial charge in [0, 0.05) is 13.1 Å². The fourth-order valence-corrected chi connectivity index (χ4v) is 2.30. The van der Waals surface area contributed by atoms with Crippen molar-refractivity contribution >= 4 is 16.0 Å². The van der Waals surface area contributed by atoms with E-state index in [2.05, 4.69) is 24.5 Å². The SMILES string of the molecule is CC(C)CNCCNC(=O)c1ccccc1S(=O)(=O)[O-]. The van der Waals surface area contributed by atoms with Crippen LogP contribution in [0.2, 0.25) is 0 Å². The molecule has 1 aromatic rings. The van der Waals surface area contributed by atoms with Gasteiger partial charge in [-0.15, -0.1) is 0 Å². The Bertz CT molecular complexity index is 555. The third-order valence-corrected chi connectivity index (χ3v) is 3.44. The van der Waals surface area contributed by atoms with Crippen molar-refractivity contribution in [3.05, 3.63) is 29.8 Å². The number of carbonyl (C=O) groups excluding carboxylic acids is 1. The molecule has 0 atom stereocenters. The highest BCUT2D eigenvalue weighted by atomic mass is 32.2. The van der Waals surface area contributed by atoms with Crippen LogP contribution in [0.3, 0.4) is 0 Å². The molecule has 0 unspecified atom stereocenters. The molecule has 2 N–H and O–H groups in total. The lowest BCUT2D eigenvalue weighted by molar-refractivity contribution is 0.0950. The molecule has 0 heterocycles. The van der Waals surface area contributed by atoms with Crippen LogP contribution in [0.5, 0.6) is 0 Å². The second-order valence-electron chi connectivity index (χ2n) is 4.80. The molecule has 0 aliphatic carbocycles. The molecule has 0 saturated heterocycles. The molecule has 6 nitrogen and oxygen atoms in total. The maximum atomic E-state index is 11.9. The van der Waals surface area contributed by atoms with Crippen LogP contribution in [0.25, 0.3) is 0 Å². The van der Waals surface area contributed by atoms with Gasteiger partial charge in [0.2, 0.25) is 0 Å². The monoisotopic (exact) mass is 299 g/mol. The lowest BCUT2D eigenvalue weighted by atomic mass is 10.2. The average molecular weight is 299 g/mol. The summed E-state index contributed by atoms with van der Waals surface area (Å²) in [5.41, 5.74) is -0.119. The highest BCUT2D eigenvalue weighted by Gasteiger charge is 2.14. The van der Waals surface area contributed by atoms with E-state index in [1.807, 2.05) is 0 Å². The van der Waals surface area contributed by atoms with Crippen LogP contribution < -0.4 is 10.6 Å². The van der Waals surface area contributed by atoms with Crippen LogP contribution in [0.15, 0.2) is 29.2 Å². The second-order valence-corrected chi connectivity index (χ2v) is 6.15. The third kappa shape index (κ3) is 5.28. The van der Waals surface area contributed by atoms with Gasteiger partial charge in [0.15, 0.2) is 0 Å². The number of hydrogen-bond donors (Lipinski definition) is 2. The lowest BCUT2D eigenvalue weighted by Gasteiger charge is -2.13. The maximum absolute atomic E-state index is 11.9. The summed E-state index contributed by atoms with van der Waals surface area (Å²) in [4.78, 5) is 11.4. The minimum Gasteiger partial charge on any atom is -0.744 e. The molecule has 0 bridgehead atoms. The molecule has 0 aliphatic heterocycles. The van der Waals surface area contributed by atoms with E-state index >= 15 is 0 Å². The number of amides is 1. The topological polar surface area (TPSA) is 98.3 Å². The molecule has 0 aromatic heterocycles. The van der Waals surface area contributed by atoms with Crippen molar-refractivity contribution in [1.29, 1.82) is 0 Å². The van der Waals surface area contributed by atoms with Crippen LogP contribution in [-0.2, 0) is 10.1 Å². The summed E-state index contributed by atoms with van der Waals surface area (Å²) in [7, 11) is -4.65. The highest BCUT2D eigenvalue weighted by Crippen LogP contribution is 2.14. The summed E-state index contributed by atoms with van der Waals surface area (Å²) in [5, 5.41) is 5.72. The minimum atomic E-state index is -4.65. The fourth-order valence-electron chi connectivity index (χ4n) is 1.62. The van der Waals surface area contributed by atoms with Gasteiger partial charge in [-0.25, -0.2) is 8.42 Å². The van der Waals surface area contributed by atoms with Gasteiger partial charge in [-0.2, -0.15) is 0 Å². The largest absolute Gasteiger partial charge is 0.744 e. The summed E-state index contributed by atoms with van der Waals surface area (Å²) in [6.07, 6.45) is 0. The first-order chi connectivity index (χ1) is 9.32. The summed E-state index contributed by atoms with van der Waals surface area (Å²) in [6, 6.07) is 5.38. The smallest absolute Gasteiger partial charge is 0.252 e. The van der Waals surface area contributed by atoms with Crippen molar-refractivity contribution in [3.8, 4) is 0 Å². The number of benzene rings is 1. The van der Waals surface area contributed by atoms with E-state index in [9.17, 15) is 17.8 Å². The average Bonchev–Trinajstić information content (AvgIpc) is 2.36. The Balaban J connectivity index is 2.61. The Morgan fingerprint density at radius 2 is 1.90 bits per heavy atom. The van der Waals surface area contributed by atoms with Gasteiger partial charge in [0.05, 0.1) is 10.5 Å². The van der Waals surface area contributed by atoms with E-state index in [-0.39, 0.29) is 5.56 Å². The Hall–Kier alpha value is -1.44. The van der Waals surface area contributed by atoms with Gasteiger partial charge in [-0.1, -0.05) is 26.0 Å². The normalized spacial score (nSPS) is 11.6. The number of hydrogen-bond acceptors (Lipinski definition) is 5. The van der Waals surface area contributed by atoms with Gasteiger partial charge in [0.25, 0.3) is 5.91 Å². The van der Waals surface area contributed by atoms with Crippen LogP contribution >= 0.6 is 0 Å². The molecule has 0 saturated carbocycles. The quantitative estimate of drug-likeness (QED) is 0.566. The number of rotatable bonds is 7. The second kappa shape index (κ2) is 7.37. The van der Waals surface area contributed by atoms with Gasteiger partial charge in [-0.05, 0) is 24.6 Å². The van der Waals surface area contributed by atoms with Crippen LogP contribution in [0.4, 0.5) is 0 Å². The van der Waals surface area contributed by atoms with Crippen molar-refractivity contribution in [1.82, 2.24) is 10.6 Å². The molecule has 20 heavy (non-hydrogen) atoms. The first-order valence-corrected chi connectivity index (χ1v) is 7.77. The van der Waals surface area contributed by atoms with E-state index in [0.717, 1.165) is 12.6 Å². The van der Waals surface area contributed by atoms with Crippen molar-refractivity contribution in [2.75, 3.05) is 19.6 Å². The standard InChI is InChI=1S/C13H20N2O4S/c1-10(2)9-14-7-8-15-13(16)11-5-3-4-6-12(11)20(17,18)19/h3-6,10,14H,7-9H2,1-2H3,(H,15,16)(H,17,18,19)/p-1. The molecular formula is C13H19N2O4S-. The first kappa shape index (κ1) is 16.6. The van der Waals surface area contributed by atoms with Gasteiger partial charge >= 0.3 is 0 Å². The van der Waals surface area contributed by atoms with Crippen molar-refractivity contribution in [2.45, 2.75) is 18.7 Å². The Labute approximate surface area is 119 Å². The van der Waals surface area contributed by atoms with E-state index in [1.54, 1.807) is 0 Å². The molecule has 1 amide bonds. The van der Waals surface area contributed by atoms with Crippen LogP contribution in [0.1, 0.15) is 24.2 Å². The highest BCUT2D eigenvalue weighted by molar-refractivity contribution is 7.85. The predicted molar refractivity (Wildman–Crippen MR) is 74.4 cm³/mol. The number of nitrogens with one attached hydrogen (secondary N) is 2. The van der Waals surface area contributed by atoms with E-state index < -0.39 is 20.9 Å². The van der Waals surface area contributed by atoms with Crippen LogP contribution in [-0.4, -0.2) is 38.5 Å². The Morgan fingerprint density at radius 1 is 1.25 bits per heavy atom. The molecule has 0 spiro atoms. The van der Waals surface area contributed by atoms with Gasteiger partial charge in [0.1, 0.15) is 10.1 Å². The van der Waals surface area contributed by atoms with E-state index in [4.69, 9.17) is 0 Å². The molecule has 1 aromatic carbocycles. The first-order valence-electron chi connectivity index (χ1n) is 6.36. The van der Waals surface area contributed by atoms with Gasteiger partial charge in [-0.3, -0.25) is 4.79 Å². The molecule has 0 radical (unpaired) electrons. The van der Waals surface area contributed by atoms with Crippen LogP contribution in [0, 0.1) is 5.92 Å². The van der Waals surface area contributed by atoms with Crippen molar-refractivity contribution in [3.63, 3.8) is 0 Å². The summed E-state index contributed by atoms with van der Waals surface area (Å²) < 4.78 is 33.2. The maximum Gasteiger partial charge on any atom is 0.252 e. The predicted octanol–water partition coefficient (Wildman–Crippen LogP) is 0.566. The van der Waals surface area contributed by atoms with Crippen molar-refractivity contribution in [2.24, 2.45) is 5.92 Å². The van der Waals surface area contributed by atoms with E-state index in [1.165, 1.54) is 18.2 Å². The fraction of sp³-hybridized carbons (Fsp3) is 0.462. The zero-order valence-electron chi connectivity index (χ0n) is 11.5.